The minimum atomic E-state index is -0.495. The van der Waals surface area contributed by atoms with Gasteiger partial charge in [-0.25, -0.2) is 0 Å². The van der Waals surface area contributed by atoms with Crippen molar-refractivity contribution in [1.29, 1.82) is 0 Å². The third kappa shape index (κ3) is 3.23. The summed E-state index contributed by atoms with van der Waals surface area (Å²) in [4.78, 5) is 27.0. The highest BCUT2D eigenvalue weighted by Gasteiger charge is 2.25. The average molecular weight is 282 g/mol. The molecule has 0 aliphatic carbocycles. The molecule has 1 amide bonds. The average Bonchev–Trinajstić information content (AvgIpc) is 2.73. The zero-order chi connectivity index (χ0) is 14.7. The zero-order valence-corrected chi connectivity index (χ0v) is 11.3. The van der Waals surface area contributed by atoms with Crippen LogP contribution >= 0.6 is 0 Å². The molecule has 9 nitrogen and oxygen atoms in total. The van der Waals surface area contributed by atoms with Crippen LogP contribution in [0, 0.1) is 10.1 Å². The highest BCUT2D eigenvalue weighted by atomic mass is 16.6. The second-order valence-corrected chi connectivity index (χ2v) is 4.95. The zero-order valence-electron chi connectivity index (χ0n) is 11.3. The molecule has 110 valence electrons. The van der Waals surface area contributed by atoms with E-state index in [2.05, 4.69) is 10.3 Å². The van der Waals surface area contributed by atoms with E-state index in [1.54, 1.807) is 11.6 Å². The van der Waals surface area contributed by atoms with Crippen molar-refractivity contribution in [2.45, 2.75) is 18.9 Å². The molecule has 0 saturated carbocycles. The second-order valence-electron chi connectivity index (χ2n) is 4.95. The molecule has 2 rings (SSSR count). The van der Waals surface area contributed by atoms with Gasteiger partial charge < -0.3 is 21.2 Å². The van der Waals surface area contributed by atoms with E-state index in [1.807, 2.05) is 4.90 Å². The summed E-state index contributed by atoms with van der Waals surface area (Å²) in [7, 11) is 1.71. The molecule has 3 N–H and O–H groups in total. The molecule has 1 aliphatic heterocycles. The fourth-order valence-corrected chi connectivity index (χ4v) is 2.37. The number of nitro groups is 1. The number of rotatable bonds is 5. The number of nitrogens with one attached hydrogen (secondary N) is 1. The van der Waals surface area contributed by atoms with Crippen molar-refractivity contribution in [2.75, 3.05) is 25.0 Å². The molecule has 9 heteroatoms. The van der Waals surface area contributed by atoms with Gasteiger partial charge in [-0.05, 0) is 22.7 Å². The fraction of sp³-hybridized carbons (Fsp3) is 0.636. The van der Waals surface area contributed by atoms with Gasteiger partial charge in [-0.2, -0.15) is 0 Å². The lowest BCUT2D eigenvalue weighted by atomic mass is 10.1. The third-order valence-electron chi connectivity index (χ3n) is 3.40. The Balaban J connectivity index is 1.94. The maximum Gasteiger partial charge on any atom is 0.406 e. The standard InChI is InChI=1S/C11H18N6O3/c1-15-7-13-10(17(19)20)11(15)14-8-2-4-16(5-3-8)6-9(12)18/h7-8,14H,2-6H2,1H3,(H2,12,18). The number of hydrogen-bond acceptors (Lipinski definition) is 6. The van der Waals surface area contributed by atoms with Gasteiger partial charge in [0.25, 0.3) is 0 Å². The SMILES string of the molecule is Cn1cnc([N+](=O)[O-])c1NC1CCN(CC(N)=O)CC1. The molecule has 1 fully saturated rings. The van der Waals surface area contributed by atoms with Gasteiger partial charge in [-0.3, -0.25) is 14.3 Å². The number of carbonyl (C=O) groups is 1. The number of likely N-dealkylation sites (tertiary alicyclic amines) is 1. The van der Waals surface area contributed by atoms with E-state index in [0.29, 0.717) is 5.82 Å². The normalized spacial score (nSPS) is 17.1. The Morgan fingerprint density at radius 2 is 2.25 bits per heavy atom. The number of primary amides is 1. The van der Waals surface area contributed by atoms with Crippen molar-refractivity contribution >= 4 is 17.5 Å². The van der Waals surface area contributed by atoms with Gasteiger partial charge in [0.05, 0.1) is 6.54 Å². The smallest absolute Gasteiger partial charge is 0.369 e. The summed E-state index contributed by atoms with van der Waals surface area (Å²) in [6.45, 7) is 1.75. The number of nitrogens with zero attached hydrogens (tertiary/aromatic N) is 4. The summed E-state index contributed by atoms with van der Waals surface area (Å²) >= 11 is 0. The Hall–Kier alpha value is -2.16. The first-order chi connectivity index (χ1) is 9.47. The number of piperidine rings is 1. The summed E-state index contributed by atoms with van der Waals surface area (Å²) in [5, 5.41) is 14.0. The summed E-state index contributed by atoms with van der Waals surface area (Å²) in [5.41, 5.74) is 5.16. The van der Waals surface area contributed by atoms with Crippen LogP contribution in [0.1, 0.15) is 12.8 Å². The highest BCUT2D eigenvalue weighted by molar-refractivity contribution is 5.75. The lowest BCUT2D eigenvalue weighted by molar-refractivity contribution is -0.388. The molecular weight excluding hydrogens is 264 g/mol. The first-order valence-corrected chi connectivity index (χ1v) is 6.40. The van der Waals surface area contributed by atoms with Gasteiger partial charge in [0.2, 0.25) is 18.1 Å². The van der Waals surface area contributed by atoms with Crippen LogP contribution in [-0.4, -0.2) is 51.0 Å². The topological polar surface area (TPSA) is 119 Å². The number of hydrogen-bond donors (Lipinski definition) is 2. The molecule has 2 heterocycles. The van der Waals surface area contributed by atoms with Crippen molar-refractivity contribution in [2.24, 2.45) is 12.8 Å². The van der Waals surface area contributed by atoms with Crippen molar-refractivity contribution in [3.8, 4) is 0 Å². The quantitative estimate of drug-likeness (QED) is 0.564. The largest absolute Gasteiger partial charge is 0.406 e. The van der Waals surface area contributed by atoms with E-state index in [-0.39, 0.29) is 24.3 Å². The van der Waals surface area contributed by atoms with E-state index in [4.69, 9.17) is 5.73 Å². The van der Waals surface area contributed by atoms with E-state index in [9.17, 15) is 14.9 Å². The van der Waals surface area contributed by atoms with Crippen LogP contribution in [0.3, 0.4) is 0 Å². The number of anilines is 1. The van der Waals surface area contributed by atoms with Crippen molar-refractivity contribution < 1.29 is 9.72 Å². The van der Waals surface area contributed by atoms with Crippen LogP contribution in [0.15, 0.2) is 6.33 Å². The second kappa shape index (κ2) is 5.87. The van der Waals surface area contributed by atoms with Crippen molar-refractivity contribution in [3.63, 3.8) is 0 Å². The molecular formula is C11H18N6O3. The molecule has 1 aromatic rings. The highest BCUT2D eigenvalue weighted by Crippen LogP contribution is 2.24. The summed E-state index contributed by atoms with van der Waals surface area (Å²) in [6.07, 6.45) is 3.02. The number of amides is 1. The van der Waals surface area contributed by atoms with Crippen LogP contribution in [0.2, 0.25) is 0 Å². The van der Waals surface area contributed by atoms with Crippen LogP contribution in [0.4, 0.5) is 11.6 Å². The van der Waals surface area contributed by atoms with Crippen LogP contribution in [-0.2, 0) is 11.8 Å². The molecule has 0 bridgehead atoms. The minimum absolute atomic E-state index is 0.133. The molecule has 1 saturated heterocycles. The van der Waals surface area contributed by atoms with E-state index >= 15 is 0 Å². The maximum absolute atomic E-state index is 10.9. The van der Waals surface area contributed by atoms with Gasteiger partial charge >= 0.3 is 5.82 Å². The van der Waals surface area contributed by atoms with E-state index in [0.717, 1.165) is 25.9 Å². The van der Waals surface area contributed by atoms with E-state index in [1.165, 1.54) is 6.33 Å². The minimum Gasteiger partial charge on any atom is -0.369 e. The molecule has 1 aromatic heterocycles. The molecule has 0 spiro atoms. The van der Waals surface area contributed by atoms with Gasteiger partial charge in [0.15, 0.2) is 0 Å². The number of imidazole rings is 1. The van der Waals surface area contributed by atoms with E-state index < -0.39 is 4.92 Å². The van der Waals surface area contributed by atoms with Gasteiger partial charge in [-0.15, -0.1) is 0 Å². The van der Waals surface area contributed by atoms with Crippen molar-refractivity contribution in [1.82, 2.24) is 14.5 Å². The Kier molecular flexibility index (Phi) is 4.18. The third-order valence-corrected chi connectivity index (χ3v) is 3.40. The molecule has 0 unspecified atom stereocenters. The summed E-state index contributed by atoms with van der Waals surface area (Å²) in [6, 6.07) is 0.133. The lowest BCUT2D eigenvalue weighted by Crippen LogP contribution is -2.43. The Labute approximate surface area is 115 Å². The van der Waals surface area contributed by atoms with Gasteiger partial charge in [-0.1, -0.05) is 0 Å². The number of nitrogens with two attached hydrogens (primary N) is 1. The van der Waals surface area contributed by atoms with Gasteiger partial charge in [0.1, 0.15) is 0 Å². The van der Waals surface area contributed by atoms with Crippen molar-refractivity contribution in [3.05, 3.63) is 16.4 Å². The predicted octanol–water partition coefficient (Wildman–Crippen LogP) is -0.310. The molecule has 0 atom stereocenters. The fourth-order valence-electron chi connectivity index (χ4n) is 2.37. The summed E-state index contributed by atoms with van der Waals surface area (Å²) < 4.78 is 1.61. The Bertz CT molecular complexity index is 506. The predicted molar refractivity (Wildman–Crippen MR) is 72.1 cm³/mol. The number of aromatic nitrogens is 2. The molecule has 1 aliphatic rings. The Morgan fingerprint density at radius 1 is 1.60 bits per heavy atom. The van der Waals surface area contributed by atoms with Crippen LogP contribution in [0.25, 0.3) is 0 Å². The molecule has 0 aromatic carbocycles. The van der Waals surface area contributed by atoms with Crippen LogP contribution in [0.5, 0.6) is 0 Å². The maximum atomic E-state index is 10.9. The lowest BCUT2D eigenvalue weighted by Gasteiger charge is -2.31. The number of carbonyl (C=O) groups excluding carboxylic acids is 1. The summed E-state index contributed by atoms with van der Waals surface area (Å²) in [5.74, 6) is -0.0749. The first-order valence-electron chi connectivity index (χ1n) is 6.40. The monoisotopic (exact) mass is 282 g/mol. The Morgan fingerprint density at radius 3 is 2.80 bits per heavy atom. The van der Waals surface area contributed by atoms with Crippen LogP contribution < -0.4 is 11.1 Å². The first kappa shape index (κ1) is 14.3. The number of aryl methyl sites for hydroxylation is 1. The van der Waals surface area contributed by atoms with Gasteiger partial charge in [0, 0.05) is 26.2 Å². The molecule has 0 radical (unpaired) electrons. The molecule has 20 heavy (non-hydrogen) atoms.